The molecule has 0 rings (SSSR count). The third-order valence-electron chi connectivity index (χ3n) is 6.28. The smallest absolute Gasteiger partial charge is 0.300 e. The third kappa shape index (κ3) is 42.1. The molecule has 0 saturated carbocycles. The normalized spacial score (nSPS) is 10.8. The first-order valence-electron chi connectivity index (χ1n) is 14.9. The van der Waals surface area contributed by atoms with Crippen molar-refractivity contribution in [3.05, 3.63) is 0 Å². The van der Waals surface area contributed by atoms with E-state index in [-0.39, 0.29) is 0 Å². The van der Waals surface area contributed by atoms with Crippen molar-refractivity contribution in [3.63, 3.8) is 0 Å². The molecule has 0 heterocycles. The molecule has 0 spiro atoms. The Morgan fingerprint density at radius 2 is 0.636 bits per heavy atom. The molecule has 0 unspecified atom stereocenters. The molecule has 200 valence electrons. The average Bonchev–Trinajstić information content (AvgIpc) is 2.79. The van der Waals surface area contributed by atoms with Gasteiger partial charge in [0.15, 0.2) is 0 Å². The first-order valence-corrected chi connectivity index (χ1v) is 14.9. The fourth-order valence-electron chi connectivity index (χ4n) is 4.19. The van der Waals surface area contributed by atoms with Gasteiger partial charge in [0.05, 0.1) is 0 Å². The maximum Gasteiger partial charge on any atom is 0.300 e. The van der Waals surface area contributed by atoms with Crippen molar-refractivity contribution in [1.29, 1.82) is 0 Å². The Kier molecular flexibility index (Phi) is 35.2. The molecule has 0 radical (unpaired) electrons. The lowest BCUT2D eigenvalue weighted by molar-refractivity contribution is -0.134. The van der Waals surface area contributed by atoms with Gasteiger partial charge in [0.1, 0.15) is 0 Å². The highest BCUT2D eigenvalue weighted by atomic mass is 16.5. The van der Waals surface area contributed by atoms with Crippen LogP contribution in [0.1, 0.15) is 175 Å². The molecule has 0 aromatic heterocycles. The van der Waals surface area contributed by atoms with Crippen LogP contribution in [0.2, 0.25) is 0 Å². The van der Waals surface area contributed by atoms with E-state index in [4.69, 9.17) is 14.6 Å². The number of hydrogen-bond donors (Lipinski definition) is 1. The van der Waals surface area contributed by atoms with E-state index in [9.17, 15) is 0 Å². The quantitative estimate of drug-likeness (QED) is 0.128. The molecular weight excluding hydrogens is 408 g/mol. The highest BCUT2D eigenvalue weighted by molar-refractivity contribution is 5.62. The number of carboxylic acid groups (broad SMARTS) is 1. The molecule has 0 aliphatic heterocycles. The second kappa shape index (κ2) is 33.6. The van der Waals surface area contributed by atoms with E-state index in [1.165, 1.54) is 154 Å². The van der Waals surface area contributed by atoms with Crippen LogP contribution in [-0.4, -0.2) is 24.3 Å². The van der Waals surface area contributed by atoms with Crippen LogP contribution in [0, 0.1) is 0 Å². The zero-order chi connectivity index (χ0) is 24.7. The topological polar surface area (TPSA) is 46.5 Å². The molecule has 0 aromatic carbocycles. The molecule has 1 N–H and O–H groups in total. The Morgan fingerprint density at radius 3 is 0.848 bits per heavy atom. The van der Waals surface area contributed by atoms with Crippen LogP contribution in [0.5, 0.6) is 0 Å². The van der Waals surface area contributed by atoms with Gasteiger partial charge in [-0.15, -0.1) is 0 Å². The Labute approximate surface area is 208 Å². The number of hydrogen-bond acceptors (Lipinski definition) is 2. The van der Waals surface area contributed by atoms with E-state index in [0.29, 0.717) is 0 Å². The summed E-state index contributed by atoms with van der Waals surface area (Å²) in [5, 5.41) is 7.42. The summed E-state index contributed by atoms with van der Waals surface area (Å²) in [5.41, 5.74) is 0. The highest BCUT2D eigenvalue weighted by Gasteiger charge is 1.96. The summed E-state index contributed by atoms with van der Waals surface area (Å²) in [6.07, 6.45) is 34.1. The van der Waals surface area contributed by atoms with Gasteiger partial charge in [0.2, 0.25) is 0 Å². The summed E-state index contributed by atoms with van der Waals surface area (Å²) >= 11 is 0. The van der Waals surface area contributed by atoms with E-state index in [0.717, 1.165) is 20.1 Å². The fourth-order valence-corrected chi connectivity index (χ4v) is 4.19. The van der Waals surface area contributed by atoms with Gasteiger partial charge in [-0.1, -0.05) is 155 Å². The van der Waals surface area contributed by atoms with Crippen LogP contribution in [0.4, 0.5) is 0 Å². The first kappa shape index (κ1) is 34.6. The maximum absolute atomic E-state index is 9.00. The summed E-state index contributed by atoms with van der Waals surface area (Å²) in [6.45, 7) is 7.67. The summed E-state index contributed by atoms with van der Waals surface area (Å²) < 4.78 is 5.82. The number of carboxylic acids is 1. The largest absolute Gasteiger partial charge is 0.481 e. The molecule has 0 aromatic rings. The van der Waals surface area contributed by atoms with Gasteiger partial charge in [-0.3, -0.25) is 4.79 Å². The number of unbranched alkanes of at least 4 members (excludes halogenated alkanes) is 22. The molecule has 33 heavy (non-hydrogen) atoms. The third-order valence-corrected chi connectivity index (χ3v) is 6.28. The molecule has 3 nitrogen and oxygen atoms in total. The second-order valence-corrected chi connectivity index (χ2v) is 9.91. The van der Waals surface area contributed by atoms with E-state index in [1.54, 1.807) is 0 Å². The first-order chi connectivity index (χ1) is 16.1. The van der Waals surface area contributed by atoms with Gasteiger partial charge in [-0.25, -0.2) is 0 Å². The van der Waals surface area contributed by atoms with Gasteiger partial charge < -0.3 is 9.84 Å². The molecular formula is C30H62O3. The van der Waals surface area contributed by atoms with Crippen LogP contribution < -0.4 is 0 Å². The van der Waals surface area contributed by atoms with Crippen molar-refractivity contribution < 1.29 is 14.6 Å². The molecule has 0 saturated heterocycles. The minimum Gasteiger partial charge on any atom is -0.481 e. The van der Waals surface area contributed by atoms with Crippen molar-refractivity contribution in [2.24, 2.45) is 0 Å². The monoisotopic (exact) mass is 470 g/mol. The molecule has 3 heteroatoms. The molecule has 0 atom stereocenters. The molecule has 0 amide bonds. The summed E-state index contributed by atoms with van der Waals surface area (Å²) in [5.74, 6) is -0.833. The predicted molar refractivity (Wildman–Crippen MR) is 146 cm³/mol. The average molecular weight is 471 g/mol. The zero-order valence-electron chi connectivity index (χ0n) is 23.1. The number of carbonyl (C=O) groups is 1. The number of rotatable bonds is 26. The van der Waals surface area contributed by atoms with Gasteiger partial charge in [-0.05, 0) is 12.8 Å². The van der Waals surface area contributed by atoms with E-state index in [2.05, 4.69) is 13.8 Å². The predicted octanol–water partition coefficient (Wildman–Crippen LogP) is 10.5. The zero-order valence-corrected chi connectivity index (χ0v) is 23.1. The standard InChI is InChI=1S/C28H58O.C2H4O2/c1-3-5-7-9-11-13-15-17-19-21-23-25-27-29-28-26-24-22-20-18-16-14-12-10-8-6-4-2;1-2(3)4/h3-28H2,1-2H3;1H3,(H,3,4). The molecule has 0 fully saturated rings. The molecule has 0 bridgehead atoms. The van der Waals surface area contributed by atoms with Crippen LogP contribution >= 0.6 is 0 Å². The maximum atomic E-state index is 9.00. The number of ether oxygens (including phenoxy) is 1. The van der Waals surface area contributed by atoms with Crippen LogP contribution in [0.25, 0.3) is 0 Å². The van der Waals surface area contributed by atoms with Gasteiger partial charge in [0.25, 0.3) is 5.97 Å². The summed E-state index contributed by atoms with van der Waals surface area (Å²) in [6, 6.07) is 0. The van der Waals surface area contributed by atoms with Gasteiger partial charge >= 0.3 is 0 Å². The van der Waals surface area contributed by atoms with E-state index >= 15 is 0 Å². The van der Waals surface area contributed by atoms with Gasteiger partial charge in [-0.2, -0.15) is 0 Å². The van der Waals surface area contributed by atoms with Crippen molar-refractivity contribution in [2.75, 3.05) is 13.2 Å². The highest BCUT2D eigenvalue weighted by Crippen LogP contribution is 2.13. The minimum atomic E-state index is -0.833. The Hall–Kier alpha value is -0.570. The second-order valence-electron chi connectivity index (χ2n) is 9.91. The van der Waals surface area contributed by atoms with Crippen molar-refractivity contribution in [3.8, 4) is 0 Å². The lowest BCUT2D eigenvalue weighted by Crippen LogP contribution is -1.97. The minimum absolute atomic E-state index is 0.833. The number of aliphatic carboxylic acids is 1. The summed E-state index contributed by atoms with van der Waals surface area (Å²) in [4.78, 5) is 9.00. The van der Waals surface area contributed by atoms with Crippen molar-refractivity contribution in [2.45, 2.75) is 175 Å². The van der Waals surface area contributed by atoms with Crippen LogP contribution in [0.15, 0.2) is 0 Å². The van der Waals surface area contributed by atoms with Crippen LogP contribution in [-0.2, 0) is 9.53 Å². The Bertz CT molecular complexity index is 313. The van der Waals surface area contributed by atoms with Crippen LogP contribution in [0.3, 0.4) is 0 Å². The van der Waals surface area contributed by atoms with E-state index in [1.807, 2.05) is 0 Å². The Balaban J connectivity index is 0. The molecule has 0 aliphatic carbocycles. The van der Waals surface area contributed by atoms with Crippen molar-refractivity contribution >= 4 is 5.97 Å². The Morgan fingerprint density at radius 1 is 0.455 bits per heavy atom. The fraction of sp³-hybridized carbons (Fsp3) is 0.967. The van der Waals surface area contributed by atoms with Crippen molar-refractivity contribution in [1.82, 2.24) is 0 Å². The molecule has 0 aliphatic rings. The lowest BCUT2D eigenvalue weighted by atomic mass is 10.1. The van der Waals surface area contributed by atoms with E-state index < -0.39 is 5.97 Å². The lowest BCUT2D eigenvalue weighted by Gasteiger charge is -2.05. The summed E-state index contributed by atoms with van der Waals surface area (Å²) in [7, 11) is 0. The SMILES string of the molecule is CC(=O)O.CCCCCCCCCCCCCCOCCCCCCCCCCCCCC. The van der Waals surface area contributed by atoms with Gasteiger partial charge in [0, 0.05) is 20.1 Å².